The van der Waals surface area contributed by atoms with Crippen molar-refractivity contribution >= 4 is 17.9 Å². The standard InChI is InChI=1S/C35H42O10/c1-4-5-15-29(36)44-33-32-31(28(42-35(33)40-3)23-41-22-25-17-19-27(39-2)20-18-25)45-34(38)26(21-24-12-8-6-9-13-24)14-10-7-11-16-30(37)43-32/h4,6-10,12-13,17-20,26,28,31-33,35H,1,5,11,14-16,21-23H2,2-3H3/t26-,28+,31+,32-,33+,35-/m0/s1. The lowest BCUT2D eigenvalue weighted by Gasteiger charge is -2.44. The van der Waals surface area contributed by atoms with Crippen LogP contribution in [0, 0.1) is 5.92 Å². The highest BCUT2D eigenvalue weighted by Gasteiger charge is 2.53. The van der Waals surface area contributed by atoms with Crippen molar-refractivity contribution in [3.05, 3.63) is 90.5 Å². The SMILES string of the molecule is C=CCCC(=O)O[C@H]1[C@@H](OC)O[C@H](COCc2ccc(OC)cc2)[C@H]2OC(=O)[C@H](Cc3ccccc3)CC=CCCC(=O)O[C@H]12. The molecule has 10 heteroatoms. The number of esters is 3. The topological polar surface area (TPSA) is 116 Å². The molecule has 10 nitrogen and oxygen atoms in total. The Morgan fingerprint density at radius 3 is 2.47 bits per heavy atom. The maximum Gasteiger partial charge on any atom is 0.310 e. The number of fused-ring (bicyclic) bond motifs is 1. The van der Waals surface area contributed by atoms with E-state index < -0.39 is 54.5 Å². The van der Waals surface area contributed by atoms with Gasteiger partial charge in [-0.1, -0.05) is 60.7 Å². The first-order valence-corrected chi connectivity index (χ1v) is 15.2. The van der Waals surface area contributed by atoms with Crippen LogP contribution in [0.5, 0.6) is 5.75 Å². The van der Waals surface area contributed by atoms with Crippen molar-refractivity contribution in [3.8, 4) is 5.75 Å². The van der Waals surface area contributed by atoms with Gasteiger partial charge in [0.1, 0.15) is 11.9 Å². The maximum atomic E-state index is 13.8. The zero-order valence-electron chi connectivity index (χ0n) is 25.8. The fourth-order valence-corrected chi connectivity index (χ4v) is 5.23. The molecular formula is C35H42O10. The monoisotopic (exact) mass is 622 g/mol. The van der Waals surface area contributed by atoms with Crippen molar-refractivity contribution in [2.75, 3.05) is 20.8 Å². The first kappa shape index (κ1) is 33.9. The van der Waals surface area contributed by atoms with Crippen LogP contribution >= 0.6 is 0 Å². The van der Waals surface area contributed by atoms with Gasteiger partial charge in [-0.05, 0) is 48.9 Å². The Balaban J connectivity index is 1.63. The number of methoxy groups -OCH3 is 2. The van der Waals surface area contributed by atoms with Gasteiger partial charge >= 0.3 is 17.9 Å². The highest BCUT2D eigenvalue weighted by atomic mass is 16.7. The van der Waals surface area contributed by atoms with Crippen molar-refractivity contribution in [2.45, 2.75) is 75.8 Å². The van der Waals surface area contributed by atoms with Gasteiger partial charge < -0.3 is 33.2 Å². The Hall–Kier alpha value is -3.99. The lowest BCUT2D eigenvalue weighted by Crippen LogP contribution is -2.63. The third-order valence-electron chi connectivity index (χ3n) is 7.63. The zero-order valence-corrected chi connectivity index (χ0v) is 25.8. The van der Waals surface area contributed by atoms with Crippen molar-refractivity contribution in [1.29, 1.82) is 0 Å². The number of ether oxygens (including phenoxy) is 7. The summed E-state index contributed by atoms with van der Waals surface area (Å²) in [5.41, 5.74) is 1.87. The molecule has 2 aromatic carbocycles. The van der Waals surface area contributed by atoms with E-state index in [-0.39, 0.29) is 26.1 Å². The highest BCUT2D eigenvalue weighted by molar-refractivity contribution is 5.74. The minimum atomic E-state index is -1.21. The molecule has 0 spiro atoms. The summed E-state index contributed by atoms with van der Waals surface area (Å²) in [6.07, 6.45) is 1.59. The fourth-order valence-electron chi connectivity index (χ4n) is 5.23. The third-order valence-corrected chi connectivity index (χ3v) is 7.63. The van der Waals surface area contributed by atoms with E-state index in [2.05, 4.69) is 6.58 Å². The van der Waals surface area contributed by atoms with Gasteiger partial charge in [0, 0.05) is 20.0 Å². The van der Waals surface area contributed by atoms with Gasteiger partial charge in [0.15, 0.2) is 24.6 Å². The molecule has 0 unspecified atom stereocenters. The second-order valence-corrected chi connectivity index (χ2v) is 10.9. The third kappa shape index (κ3) is 10.0. The summed E-state index contributed by atoms with van der Waals surface area (Å²) < 4.78 is 40.9. The summed E-state index contributed by atoms with van der Waals surface area (Å²) in [6, 6.07) is 17.1. The number of hydrogen-bond donors (Lipinski definition) is 0. The normalized spacial score (nSPS) is 25.5. The number of allylic oxidation sites excluding steroid dienone is 3. The van der Waals surface area contributed by atoms with E-state index in [1.807, 2.05) is 66.7 Å². The van der Waals surface area contributed by atoms with Crippen molar-refractivity contribution in [1.82, 2.24) is 0 Å². The van der Waals surface area contributed by atoms with E-state index in [1.54, 1.807) is 13.2 Å². The molecule has 2 aromatic rings. The number of carbonyl (C=O) groups excluding carboxylic acids is 3. The summed E-state index contributed by atoms with van der Waals surface area (Å²) in [5, 5.41) is 0. The van der Waals surface area contributed by atoms with Gasteiger partial charge in [-0.2, -0.15) is 0 Å². The minimum Gasteiger partial charge on any atom is -0.497 e. The Kier molecular flexibility index (Phi) is 13.2. The van der Waals surface area contributed by atoms with Crippen LogP contribution in [0.15, 0.2) is 79.4 Å². The summed E-state index contributed by atoms with van der Waals surface area (Å²) in [6.45, 7) is 3.85. The molecule has 0 radical (unpaired) electrons. The van der Waals surface area contributed by atoms with E-state index in [9.17, 15) is 14.4 Å². The lowest BCUT2D eigenvalue weighted by atomic mass is 9.94. The quantitative estimate of drug-likeness (QED) is 0.184. The average Bonchev–Trinajstić information content (AvgIpc) is 3.05. The highest BCUT2D eigenvalue weighted by Crippen LogP contribution is 2.32. The molecule has 0 saturated carbocycles. The van der Waals surface area contributed by atoms with Crippen LogP contribution in [0.2, 0.25) is 0 Å². The molecule has 6 atom stereocenters. The van der Waals surface area contributed by atoms with Gasteiger partial charge in [-0.15, -0.1) is 6.58 Å². The summed E-state index contributed by atoms with van der Waals surface area (Å²) >= 11 is 0. The summed E-state index contributed by atoms with van der Waals surface area (Å²) in [7, 11) is 2.99. The van der Waals surface area contributed by atoms with Crippen LogP contribution in [0.1, 0.15) is 43.2 Å². The molecule has 242 valence electrons. The molecule has 0 aromatic heterocycles. The van der Waals surface area contributed by atoms with Gasteiger partial charge in [0.2, 0.25) is 0 Å². The minimum absolute atomic E-state index is 0.0295. The molecule has 2 aliphatic heterocycles. The number of rotatable bonds is 12. The first-order valence-electron chi connectivity index (χ1n) is 15.2. The van der Waals surface area contributed by atoms with Crippen LogP contribution in [-0.4, -0.2) is 69.4 Å². The van der Waals surface area contributed by atoms with Gasteiger partial charge in [-0.25, -0.2) is 0 Å². The Bertz CT molecular complexity index is 1280. The second-order valence-electron chi connectivity index (χ2n) is 10.9. The van der Waals surface area contributed by atoms with Crippen LogP contribution in [0.4, 0.5) is 0 Å². The number of carbonyl (C=O) groups is 3. The molecule has 0 aliphatic carbocycles. The Labute approximate surface area is 264 Å². The maximum absolute atomic E-state index is 13.8. The molecule has 0 N–H and O–H groups in total. The van der Waals surface area contributed by atoms with Crippen molar-refractivity contribution in [3.63, 3.8) is 0 Å². The molecule has 4 rings (SSSR count). The van der Waals surface area contributed by atoms with E-state index in [0.29, 0.717) is 25.7 Å². The fraction of sp³-hybridized carbons (Fsp3) is 0.457. The molecular weight excluding hydrogens is 580 g/mol. The van der Waals surface area contributed by atoms with Crippen LogP contribution < -0.4 is 4.74 Å². The molecule has 1 fully saturated rings. The molecule has 0 bridgehead atoms. The Morgan fingerprint density at radius 2 is 1.76 bits per heavy atom. The zero-order chi connectivity index (χ0) is 32.0. The van der Waals surface area contributed by atoms with E-state index in [4.69, 9.17) is 33.2 Å². The molecule has 0 amide bonds. The molecule has 45 heavy (non-hydrogen) atoms. The predicted octanol–water partition coefficient (Wildman–Crippen LogP) is 4.88. The van der Waals surface area contributed by atoms with E-state index in [0.717, 1.165) is 16.9 Å². The predicted molar refractivity (Wildman–Crippen MR) is 164 cm³/mol. The first-order chi connectivity index (χ1) is 21.9. The molecule has 2 aliphatic rings. The van der Waals surface area contributed by atoms with Crippen LogP contribution in [0.3, 0.4) is 0 Å². The molecule has 2 heterocycles. The summed E-state index contributed by atoms with van der Waals surface area (Å²) in [4.78, 5) is 39.6. The molecule has 1 saturated heterocycles. The van der Waals surface area contributed by atoms with Gasteiger partial charge in [0.05, 0.1) is 26.2 Å². The van der Waals surface area contributed by atoms with Crippen LogP contribution in [0.25, 0.3) is 0 Å². The lowest BCUT2D eigenvalue weighted by molar-refractivity contribution is -0.305. The van der Waals surface area contributed by atoms with Crippen molar-refractivity contribution < 1.29 is 47.5 Å². The van der Waals surface area contributed by atoms with E-state index in [1.165, 1.54) is 7.11 Å². The largest absolute Gasteiger partial charge is 0.497 e. The smallest absolute Gasteiger partial charge is 0.310 e. The van der Waals surface area contributed by atoms with E-state index >= 15 is 0 Å². The Morgan fingerprint density at radius 1 is 0.978 bits per heavy atom. The second kappa shape index (κ2) is 17.5. The average molecular weight is 623 g/mol. The van der Waals surface area contributed by atoms with Crippen LogP contribution in [-0.2, 0) is 55.8 Å². The van der Waals surface area contributed by atoms with Gasteiger partial charge in [-0.3, -0.25) is 14.4 Å². The number of hydrogen-bond acceptors (Lipinski definition) is 10. The van der Waals surface area contributed by atoms with Gasteiger partial charge in [0.25, 0.3) is 0 Å². The summed E-state index contributed by atoms with van der Waals surface area (Å²) in [5.74, 6) is -1.39. The number of benzene rings is 2. The van der Waals surface area contributed by atoms with Crippen molar-refractivity contribution in [2.24, 2.45) is 5.92 Å².